The number of hydrogen-bond acceptors (Lipinski definition) is 2. The molecule has 0 saturated carbocycles. The molecule has 2 rings (SSSR count). The van der Waals surface area contributed by atoms with Gasteiger partial charge in [-0.2, -0.15) is 0 Å². The number of benzene rings is 1. The van der Waals surface area contributed by atoms with Crippen LogP contribution in [0.25, 0.3) is 11.1 Å². The van der Waals surface area contributed by atoms with E-state index in [1.165, 1.54) is 0 Å². The fourth-order valence-electron chi connectivity index (χ4n) is 1.97. The van der Waals surface area contributed by atoms with Crippen molar-refractivity contribution in [1.82, 2.24) is 10.3 Å². The maximum atomic E-state index is 12.4. The molecule has 1 heterocycles. The first-order chi connectivity index (χ1) is 9.37. The maximum Gasteiger partial charge on any atom is 0.252 e. The van der Waals surface area contributed by atoms with Crippen LogP contribution in [-0.2, 0) is 0 Å². The van der Waals surface area contributed by atoms with Gasteiger partial charge in [0.25, 0.3) is 5.91 Å². The molecule has 3 heteroatoms. The normalized spacial score (nSPS) is 11.2. The summed E-state index contributed by atoms with van der Waals surface area (Å²) in [5, 5.41) is 3.00. The Morgan fingerprint density at radius 1 is 1.10 bits per heavy atom. The molecule has 2 aromatic rings. The van der Waals surface area contributed by atoms with Gasteiger partial charge in [-0.15, -0.1) is 0 Å². The van der Waals surface area contributed by atoms with E-state index in [2.05, 4.69) is 10.3 Å². The van der Waals surface area contributed by atoms with Crippen LogP contribution in [0.3, 0.4) is 0 Å². The van der Waals surface area contributed by atoms with Gasteiger partial charge in [0.05, 0.1) is 0 Å². The fourth-order valence-corrected chi connectivity index (χ4v) is 1.97. The average Bonchev–Trinajstić information content (AvgIpc) is 2.38. The molecule has 0 saturated heterocycles. The lowest BCUT2D eigenvalue weighted by molar-refractivity contribution is 0.0920. The third kappa shape index (κ3) is 3.44. The standard InChI is InChI=1S/C17H20N2O/c1-12-9-10-13(11-18-12)14-7-5-6-8-15(14)16(20)19-17(2,3)4/h5-11H,1-4H3,(H,19,20). The molecule has 0 fully saturated rings. The molecule has 1 amide bonds. The number of carbonyl (C=O) groups excluding carboxylic acids is 1. The summed E-state index contributed by atoms with van der Waals surface area (Å²) in [7, 11) is 0. The molecule has 0 aliphatic heterocycles. The number of pyridine rings is 1. The van der Waals surface area contributed by atoms with E-state index < -0.39 is 0 Å². The van der Waals surface area contributed by atoms with Gasteiger partial charge in [0.1, 0.15) is 0 Å². The molecule has 1 aromatic carbocycles. The predicted molar refractivity (Wildman–Crippen MR) is 81.6 cm³/mol. The highest BCUT2D eigenvalue weighted by molar-refractivity contribution is 6.01. The van der Waals surface area contributed by atoms with Gasteiger partial charge < -0.3 is 5.32 Å². The van der Waals surface area contributed by atoms with E-state index in [0.29, 0.717) is 5.56 Å². The van der Waals surface area contributed by atoms with Crippen molar-refractivity contribution in [2.75, 3.05) is 0 Å². The van der Waals surface area contributed by atoms with Crippen LogP contribution in [-0.4, -0.2) is 16.4 Å². The van der Waals surface area contributed by atoms with E-state index in [4.69, 9.17) is 0 Å². The van der Waals surface area contributed by atoms with Gasteiger partial charge in [0, 0.05) is 28.6 Å². The summed E-state index contributed by atoms with van der Waals surface area (Å²) in [4.78, 5) is 16.7. The van der Waals surface area contributed by atoms with Crippen molar-refractivity contribution in [1.29, 1.82) is 0 Å². The summed E-state index contributed by atoms with van der Waals surface area (Å²) >= 11 is 0. The molecule has 0 aliphatic carbocycles. The molecule has 0 atom stereocenters. The smallest absolute Gasteiger partial charge is 0.252 e. The summed E-state index contributed by atoms with van der Waals surface area (Å²) in [5.74, 6) is -0.0614. The van der Waals surface area contributed by atoms with Crippen LogP contribution >= 0.6 is 0 Å². The molecule has 3 nitrogen and oxygen atoms in total. The highest BCUT2D eigenvalue weighted by Crippen LogP contribution is 2.23. The minimum Gasteiger partial charge on any atom is -0.347 e. The minimum absolute atomic E-state index is 0.0614. The number of aromatic nitrogens is 1. The molecular weight excluding hydrogens is 248 g/mol. The van der Waals surface area contributed by atoms with Crippen molar-refractivity contribution >= 4 is 5.91 Å². The number of aryl methyl sites for hydroxylation is 1. The Bertz CT molecular complexity index is 610. The van der Waals surface area contributed by atoms with Crippen molar-refractivity contribution in [3.8, 4) is 11.1 Å². The first-order valence-corrected chi connectivity index (χ1v) is 6.71. The predicted octanol–water partition coefficient (Wildman–Crippen LogP) is 3.59. The number of carbonyl (C=O) groups is 1. The summed E-state index contributed by atoms with van der Waals surface area (Å²) in [6.45, 7) is 7.87. The SMILES string of the molecule is Cc1ccc(-c2ccccc2C(=O)NC(C)(C)C)cn1. The lowest BCUT2D eigenvalue weighted by Crippen LogP contribution is -2.40. The number of nitrogens with zero attached hydrogens (tertiary/aromatic N) is 1. The van der Waals surface area contributed by atoms with E-state index in [-0.39, 0.29) is 11.4 Å². The molecule has 104 valence electrons. The van der Waals surface area contributed by atoms with Crippen molar-refractivity contribution in [2.45, 2.75) is 33.2 Å². The highest BCUT2D eigenvalue weighted by atomic mass is 16.1. The van der Waals surface area contributed by atoms with E-state index in [9.17, 15) is 4.79 Å². The van der Waals surface area contributed by atoms with Gasteiger partial charge in [-0.25, -0.2) is 0 Å². The van der Waals surface area contributed by atoms with E-state index >= 15 is 0 Å². The summed E-state index contributed by atoms with van der Waals surface area (Å²) in [6.07, 6.45) is 1.80. The second kappa shape index (κ2) is 5.45. The third-order valence-corrected chi connectivity index (χ3v) is 2.88. The quantitative estimate of drug-likeness (QED) is 0.904. The first kappa shape index (κ1) is 14.3. The second-order valence-electron chi connectivity index (χ2n) is 5.94. The van der Waals surface area contributed by atoms with Crippen LogP contribution in [0.1, 0.15) is 36.8 Å². The zero-order valence-electron chi connectivity index (χ0n) is 12.4. The zero-order valence-corrected chi connectivity index (χ0v) is 12.4. The molecular formula is C17H20N2O. The van der Waals surface area contributed by atoms with Crippen molar-refractivity contribution in [2.24, 2.45) is 0 Å². The van der Waals surface area contributed by atoms with E-state index in [1.54, 1.807) is 6.20 Å². The van der Waals surface area contributed by atoms with Crippen LogP contribution in [0.15, 0.2) is 42.6 Å². The van der Waals surface area contributed by atoms with Crippen LogP contribution in [0.5, 0.6) is 0 Å². The average molecular weight is 268 g/mol. The Morgan fingerprint density at radius 3 is 2.40 bits per heavy atom. The van der Waals surface area contributed by atoms with Crippen LogP contribution in [0, 0.1) is 6.92 Å². The van der Waals surface area contributed by atoms with Crippen molar-refractivity contribution in [3.05, 3.63) is 53.9 Å². The Kier molecular flexibility index (Phi) is 3.89. The van der Waals surface area contributed by atoms with Gasteiger partial charge in [-0.1, -0.05) is 24.3 Å². The van der Waals surface area contributed by atoms with Gasteiger partial charge in [-0.05, 0) is 45.4 Å². The molecule has 1 aromatic heterocycles. The van der Waals surface area contributed by atoms with Gasteiger partial charge in [0.2, 0.25) is 0 Å². The molecule has 1 N–H and O–H groups in total. The first-order valence-electron chi connectivity index (χ1n) is 6.71. The molecule has 0 bridgehead atoms. The fraction of sp³-hybridized carbons (Fsp3) is 0.294. The topological polar surface area (TPSA) is 42.0 Å². The Labute approximate surface area is 120 Å². The van der Waals surface area contributed by atoms with Gasteiger partial charge in [-0.3, -0.25) is 9.78 Å². The number of nitrogens with one attached hydrogen (secondary N) is 1. The maximum absolute atomic E-state index is 12.4. The van der Waals surface area contributed by atoms with Crippen LogP contribution < -0.4 is 5.32 Å². The summed E-state index contributed by atoms with van der Waals surface area (Å²) in [5.41, 5.74) is 3.24. The molecule has 0 unspecified atom stereocenters. The number of rotatable bonds is 2. The molecule has 0 aliphatic rings. The zero-order chi connectivity index (χ0) is 14.8. The van der Waals surface area contributed by atoms with Crippen molar-refractivity contribution < 1.29 is 4.79 Å². The monoisotopic (exact) mass is 268 g/mol. The van der Waals surface area contributed by atoms with E-state index in [1.807, 2.05) is 64.1 Å². The highest BCUT2D eigenvalue weighted by Gasteiger charge is 2.18. The lowest BCUT2D eigenvalue weighted by Gasteiger charge is -2.21. The molecule has 20 heavy (non-hydrogen) atoms. The minimum atomic E-state index is -0.254. The summed E-state index contributed by atoms with van der Waals surface area (Å²) in [6, 6.07) is 11.5. The van der Waals surface area contributed by atoms with Crippen LogP contribution in [0.2, 0.25) is 0 Å². The van der Waals surface area contributed by atoms with Crippen LogP contribution in [0.4, 0.5) is 0 Å². The van der Waals surface area contributed by atoms with Crippen molar-refractivity contribution in [3.63, 3.8) is 0 Å². The Morgan fingerprint density at radius 2 is 1.80 bits per heavy atom. The molecule has 0 spiro atoms. The second-order valence-corrected chi connectivity index (χ2v) is 5.94. The lowest BCUT2D eigenvalue weighted by atomic mass is 9.99. The van der Waals surface area contributed by atoms with Gasteiger partial charge >= 0.3 is 0 Å². The van der Waals surface area contributed by atoms with E-state index in [0.717, 1.165) is 16.8 Å². The Hall–Kier alpha value is -2.16. The largest absolute Gasteiger partial charge is 0.347 e. The number of amides is 1. The summed E-state index contributed by atoms with van der Waals surface area (Å²) < 4.78 is 0. The third-order valence-electron chi connectivity index (χ3n) is 2.88. The molecule has 0 radical (unpaired) electrons. The van der Waals surface area contributed by atoms with Gasteiger partial charge in [0.15, 0.2) is 0 Å². The Balaban J connectivity index is 2.40. The number of hydrogen-bond donors (Lipinski definition) is 1.